The molecule has 22 heavy (non-hydrogen) atoms. The molecule has 2 heterocycles. The summed E-state index contributed by atoms with van der Waals surface area (Å²) in [7, 11) is 0. The summed E-state index contributed by atoms with van der Waals surface area (Å²) >= 11 is 7.30. The summed E-state index contributed by atoms with van der Waals surface area (Å²) in [6.07, 6.45) is 2.01. The minimum atomic E-state index is -0.312. The quantitative estimate of drug-likeness (QED) is 0.830. The molecule has 0 bridgehead atoms. The monoisotopic (exact) mass is 363 g/mol. The smallest absolute Gasteiger partial charge is 0.276 e. The van der Waals surface area contributed by atoms with E-state index in [1.165, 1.54) is 17.8 Å². The van der Waals surface area contributed by atoms with Crippen LogP contribution in [0.4, 0.5) is 4.39 Å². The second-order valence-electron chi connectivity index (χ2n) is 4.92. The zero-order valence-corrected chi connectivity index (χ0v) is 14.1. The second-order valence-corrected chi connectivity index (χ2v) is 6.25. The van der Waals surface area contributed by atoms with Crippen LogP contribution in [0.25, 0.3) is 0 Å². The average molecular weight is 364 g/mol. The van der Waals surface area contributed by atoms with Gasteiger partial charge in [-0.2, -0.15) is 0 Å². The standard InChI is InChI=1S/C14H15ClFN3OS.ClH/c15-11-2-1-3-12(16)10(11)8-21-14-19-18-13(20-14)9-4-6-17-7-5-9;/h1-3,9,17H,4-8H2;1H. The van der Waals surface area contributed by atoms with Crippen molar-refractivity contribution < 1.29 is 8.81 Å². The van der Waals surface area contributed by atoms with Gasteiger partial charge < -0.3 is 9.73 Å². The number of thioether (sulfide) groups is 1. The van der Waals surface area contributed by atoms with Crippen LogP contribution < -0.4 is 5.32 Å². The molecule has 0 radical (unpaired) electrons. The van der Waals surface area contributed by atoms with Gasteiger partial charge in [-0.1, -0.05) is 29.4 Å². The molecule has 1 aliphatic rings. The average Bonchev–Trinajstić information content (AvgIpc) is 2.97. The molecule has 0 unspecified atom stereocenters. The van der Waals surface area contributed by atoms with E-state index in [9.17, 15) is 4.39 Å². The molecule has 0 saturated carbocycles. The third-order valence-electron chi connectivity index (χ3n) is 3.51. The number of nitrogens with one attached hydrogen (secondary N) is 1. The van der Waals surface area contributed by atoms with Gasteiger partial charge in [-0.3, -0.25) is 0 Å². The van der Waals surface area contributed by atoms with Gasteiger partial charge in [0.1, 0.15) is 5.82 Å². The van der Waals surface area contributed by atoms with E-state index in [0.29, 0.717) is 33.4 Å². The number of aromatic nitrogens is 2. The maximum Gasteiger partial charge on any atom is 0.276 e. The fraction of sp³-hybridized carbons (Fsp3) is 0.429. The maximum atomic E-state index is 13.7. The van der Waals surface area contributed by atoms with Crippen LogP contribution in [0.2, 0.25) is 5.02 Å². The van der Waals surface area contributed by atoms with Crippen LogP contribution in [-0.4, -0.2) is 23.3 Å². The summed E-state index contributed by atoms with van der Waals surface area (Å²) in [6, 6.07) is 4.67. The molecule has 2 aromatic rings. The Kier molecular flexibility index (Phi) is 6.50. The second kappa shape index (κ2) is 8.15. The Bertz CT molecular complexity index is 600. The van der Waals surface area contributed by atoms with Gasteiger partial charge in [0.2, 0.25) is 5.89 Å². The van der Waals surface area contributed by atoms with Gasteiger partial charge in [-0.25, -0.2) is 4.39 Å². The van der Waals surface area contributed by atoms with Gasteiger partial charge >= 0.3 is 0 Å². The third kappa shape index (κ3) is 4.13. The molecule has 1 aliphatic heterocycles. The van der Waals surface area contributed by atoms with Crippen molar-refractivity contribution in [2.45, 2.75) is 29.7 Å². The molecule has 1 aromatic heterocycles. The summed E-state index contributed by atoms with van der Waals surface area (Å²) in [4.78, 5) is 0. The lowest BCUT2D eigenvalue weighted by atomic mass is 9.98. The first-order chi connectivity index (χ1) is 10.2. The number of rotatable bonds is 4. The van der Waals surface area contributed by atoms with Crippen LogP contribution in [0, 0.1) is 5.82 Å². The highest BCUT2D eigenvalue weighted by Crippen LogP contribution is 2.30. The first-order valence-electron chi connectivity index (χ1n) is 6.84. The number of nitrogens with zero attached hydrogens (tertiary/aromatic N) is 2. The SMILES string of the molecule is Cl.Fc1cccc(Cl)c1CSc1nnc(C2CCNCC2)o1. The molecule has 0 amide bonds. The number of hydrogen-bond acceptors (Lipinski definition) is 5. The number of halogens is 3. The highest BCUT2D eigenvalue weighted by Gasteiger charge is 2.21. The molecular formula is C14H16Cl2FN3OS. The molecular weight excluding hydrogens is 348 g/mol. The largest absolute Gasteiger partial charge is 0.416 e. The molecule has 8 heteroatoms. The Balaban J connectivity index is 0.00000176. The van der Waals surface area contributed by atoms with E-state index < -0.39 is 0 Å². The van der Waals surface area contributed by atoms with Gasteiger partial charge in [0.25, 0.3) is 5.22 Å². The van der Waals surface area contributed by atoms with E-state index in [1.807, 2.05) is 0 Å². The third-order valence-corrected chi connectivity index (χ3v) is 4.71. The summed E-state index contributed by atoms with van der Waals surface area (Å²) < 4.78 is 19.3. The van der Waals surface area contributed by atoms with Crippen molar-refractivity contribution in [2.24, 2.45) is 0 Å². The van der Waals surface area contributed by atoms with Crippen molar-refractivity contribution >= 4 is 35.8 Å². The van der Waals surface area contributed by atoms with Crippen molar-refractivity contribution in [3.8, 4) is 0 Å². The number of benzene rings is 1. The summed E-state index contributed by atoms with van der Waals surface area (Å²) in [5, 5.41) is 12.3. The van der Waals surface area contributed by atoms with Crippen LogP contribution in [0.1, 0.15) is 30.2 Å². The van der Waals surface area contributed by atoms with Crippen molar-refractivity contribution in [3.05, 3.63) is 40.5 Å². The predicted molar refractivity (Wildman–Crippen MR) is 87.4 cm³/mol. The van der Waals surface area contributed by atoms with Crippen molar-refractivity contribution in [3.63, 3.8) is 0 Å². The molecule has 120 valence electrons. The van der Waals surface area contributed by atoms with Gasteiger partial charge in [0, 0.05) is 22.3 Å². The van der Waals surface area contributed by atoms with E-state index in [-0.39, 0.29) is 18.2 Å². The minimum absolute atomic E-state index is 0. The summed E-state index contributed by atoms with van der Waals surface area (Å²) in [5.41, 5.74) is 0.464. The molecule has 1 aromatic carbocycles. The van der Waals surface area contributed by atoms with Crippen LogP contribution in [-0.2, 0) is 5.75 Å². The molecule has 1 fully saturated rings. The fourth-order valence-corrected chi connectivity index (χ4v) is 3.43. The Labute approximate surface area is 143 Å². The summed E-state index contributed by atoms with van der Waals surface area (Å²) in [5.74, 6) is 1.07. The molecule has 4 nitrogen and oxygen atoms in total. The lowest BCUT2D eigenvalue weighted by molar-refractivity contribution is 0.342. The maximum absolute atomic E-state index is 13.7. The fourth-order valence-electron chi connectivity index (χ4n) is 2.32. The Hall–Kier alpha value is -0.820. The lowest BCUT2D eigenvalue weighted by Gasteiger charge is -2.18. The summed E-state index contributed by atoms with van der Waals surface area (Å²) in [6.45, 7) is 1.95. The Morgan fingerprint density at radius 1 is 1.32 bits per heavy atom. The van der Waals surface area contributed by atoms with Gasteiger partial charge in [0.15, 0.2) is 0 Å². The lowest BCUT2D eigenvalue weighted by Crippen LogP contribution is -2.26. The first kappa shape index (κ1) is 17.5. The van der Waals surface area contributed by atoms with Crippen LogP contribution in [0.3, 0.4) is 0 Å². The Morgan fingerprint density at radius 3 is 2.82 bits per heavy atom. The highest BCUT2D eigenvalue weighted by atomic mass is 35.5. The molecule has 1 N–H and O–H groups in total. The van der Waals surface area contributed by atoms with E-state index >= 15 is 0 Å². The predicted octanol–water partition coefficient (Wildman–Crippen LogP) is 4.04. The minimum Gasteiger partial charge on any atom is -0.416 e. The highest BCUT2D eigenvalue weighted by molar-refractivity contribution is 7.98. The number of piperidine rings is 1. The zero-order chi connectivity index (χ0) is 14.7. The molecule has 0 atom stereocenters. The molecule has 0 spiro atoms. The zero-order valence-electron chi connectivity index (χ0n) is 11.7. The van der Waals surface area contributed by atoms with E-state index in [0.717, 1.165) is 25.9 Å². The van der Waals surface area contributed by atoms with Crippen LogP contribution in [0.15, 0.2) is 27.8 Å². The van der Waals surface area contributed by atoms with Crippen LogP contribution in [0.5, 0.6) is 0 Å². The Morgan fingerprint density at radius 2 is 2.09 bits per heavy atom. The van der Waals surface area contributed by atoms with Gasteiger partial charge in [-0.05, 0) is 38.1 Å². The van der Waals surface area contributed by atoms with E-state index in [1.54, 1.807) is 12.1 Å². The molecule has 1 saturated heterocycles. The van der Waals surface area contributed by atoms with Crippen LogP contribution >= 0.6 is 35.8 Å². The van der Waals surface area contributed by atoms with E-state index in [4.69, 9.17) is 16.0 Å². The topological polar surface area (TPSA) is 51.0 Å². The van der Waals surface area contributed by atoms with Crippen molar-refractivity contribution in [1.82, 2.24) is 15.5 Å². The van der Waals surface area contributed by atoms with Gasteiger partial charge in [-0.15, -0.1) is 22.6 Å². The molecule has 0 aliphatic carbocycles. The first-order valence-corrected chi connectivity index (χ1v) is 8.20. The van der Waals surface area contributed by atoms with E-state index in [2.05, 4.69) is 15.5 Å². The molecule has 3 rings (SSSR count). The van der Waals surface area contributed by atoms with Crippen molar-refractivity contribution in [2.75, 3.05) is 13.1 Å². The van der Waals surface area contributed by atoms with Gasteiger partial charge in [0.05, 0.1) is 0 Å². The normalized spacial score (nSPS) is 15.5. The number of hydrogen-bond donors (Lipinski definition) is 1. The van der Waals surface area contributed by atoms with Crippen molar-refractivity contribution in [1.29, 1.82) is 0 Å².